The van der Waals surface area contributed by atoms with Crippen LogP contribution in [0.2, 0.25) is 5.02 Å². The number of nitrogens with zero attached hydrogens (tertiary/aromatic N) is 2. The number of pyridine rings is 1. The second kappa shape index (κ2) is 6.58. The standard InChI is InChI=1S/C16H19ClN4O2/c1-2-10-8-19-20-14(10)11-3-5-21(6-4-11)16(23)13-7-12(17)9-18-15(13)22/h7-9,11H,2-6H2,1H3,(H,18,22)(H,19,20). The van der Waals surface area contributed by atoms with E-state index in [1.165, 1.54) is 23.5 Å². The molecule has 1 aliphatic rings. The van der Waals surface area contributed by atoms with Gasteiger partial charge >= 0.3 is 0 Å². The second-order valence-corrected chi connectivity index (χ2v) is 6.23. The van der Waals surface area contributed by atoms with Gasteiger partial charge in [-0.25, -0.2) is 0 Å². The number of piperidine rings is 1. The minimum Gasteiger partial charge on any atom is -0.338 e. The van der Waals surface area contributed by atoms with Crippen LogP contribution in [0, 0.1) is 0 Å². The van der Waals surface area contributed by atoms with Gasteiger partial charge in [-0.2, -0.15) is 5.10 Å². The maximum atomic E-state index is 12.5. The van der Waals surface area contributed by atoms with Crippen molar-refractivity contribution in [1.82, 2.24) is 20.1 Å². The molecule has 2 aromatic heterocycles. The Morgan fingerprint density at radius 1 is 1.43 bits per heavy atom. The maximum absolute atomic E-state index is 12.5. The normalized spacial score (nSPS) is 15.8. The fourth-order valence-electron chi connectivity index (χ4n) is 3.11. The first-order valence-electron chi connectivity index (χ1n) is 7.79. The summed E-state index contributed by atoms with van der Waals surface area (Å²) in [6.45, 7) is 3.35. The van der Waals surface area contributed by atoms with Crippen molar-refractivity contribution in [2.24, 2.45) is 0 Å². The molecule has 0 saturated carbocycles. The number of carbonyl (C=O) groups excluding carboxylic acids is 1. The minimum atomic E-state index is -0.400. The average molecular weight is 335 g/mol. The van der Waals surface area contributed by atoms with Crippen molar-refractivity contribution >= 4 is 17.5 Å². The number of nitrogens with one attached hydrogen (secondary N) is 2. The summed E-state index contributed by atoms with van der Waals surface area (Å²) in [7, 11) is 0. The Hall–Kier alpha value is -2.08. The van der Waals surface area contributed by atoms with Crippen LogP contribution in [-0.4, -0.2) is 39.1 Å². The Morgan fingerprint density at radius 3 is 2.87 bits per heavy atom. The van der Waals surface area contributed by atoms with Crippen molar-refractivity contribution in [3.8, 4) is 0 Å². The molecule has 1 saturated heterocycles. The molecular formula is C16H19ClN4O2. The van der Waals surface area contributed by atoms with Crippen LogP contribution in [0.3, 0.4) is 0 Å². The highest BCUT2D eigenvalue weighted by atomic mass is 35.5. The van der Waals surface area contributed by atoms with Crippen LogP contribution < -0.4 is 5.56 Å². The minimum absolute atomic E-state index is 0.103. The van der Waals surface area contributed by atoms with Gasteiger partial charge in [-0.1, -0.05) is 18.5 Å². The van der Waals surface area contributed by atoms with Crippen molar-refractivity contribution < 1.29 is 4.79 Å². The van der Waals surface area contributed by atoms with Crippen molar-refractivity contribution in [2.45, 2.75) is 32.1 Å². The SMILES string of the molecule is CCc1cn[nH]c1C1CCN(C(=O)c2cc(Cl)c[nH]c2=O)CC1. The number of rotatable bonds is 3. The smallest absolute Gasteiger partial charge is 0.260 e. The molecule has 2 aromatic rings. The van der Waals surface area contributed by atoms with E-state index in [1.54, 1.807) is 4.90 Å². The molecule has 2 N–H and O–H groups in total. The lowest BCUT2D eigenvalue weighted by Gasteiger charge is -2.31. The number of hydrogen-bond acceptors (Lipinski definition) is 3. The number of aromatic amines is 2. The third-order valence-corrected chi connectivity index (χ3v) is 4.64. The predicted molar refractivity (Wildman–Crippen MR) is 87.9 cm³/mol. The quantitative estimate of drug-likeness (QED) is 0.903. The first kappa shape index (κ1) is 15.8. The Morgan fingerprint density at radius 2 is 2.17 bits per heavy atom. The van der Waals surface area contributed by atoms with E-state index < -0.39 is 5.56 Å². The van der Waals surface area contributed by atoms with E-state index in [2.05, 4.69) is 22.1 Å². The Bertz CT molecular complexity index is 759. The number of carbonyl (C=O) groups is 1. The van der Waals surface area contributed by atoms with Gasteiger partial charge in [-0.15, -0.1) is 0 Å². The van der Waals surface area contributed by atoms with E-state index in [0.29, 0.717) is 24.0 Å². The summed E-state index contributed by atoms with van der Waals surface area (Å²) in [5, 5.41) is 7.57. The van der Waals surface area contributed by atoms with Crippen LogP contribution in [0.15, 0.2) is 23.3 Å². The largest absolute Gasteiger partial charge is 0.338 e. The van der Waals surface area contributed by atoms with E-state index >= 15 is 0 Å². The molecule has 0 aromatic carbocycles. The van der Waals surface area contributed by atoms with Crippen molar-refractivity contribution in [2.75, 3.05) is 13.1 Å². The van der Waals surface area contributed by atoms with Gasteiger partial charge in [0.1, 0.15) is 5.56 Å². The van der Waals surface area contributed by atoms with Gasteiger partial charge in [-0.3, -0.25) is 14.7 Å². The summed E-state index contributed by atoms with van der Waals surface area (Å²) in [4.78, 5) is 28.5. The fourth-order valence-corrected chi connectivity index (χ4v) is 3.28. The number of H-pyrrole nitrogens is 2. The molecule has 1 amide bonds. The van der Waals surface area contributed by atoms with Crippen LogP contribution in [0.1, 0.15) is 47.3 Å². The monoisotopic (exact) mass is 334 g/mol. The van der Waals surface area contributed by atoms with Crippen LogP contribution in [0.4, 0.5) is 0 Å². The zero-order chi connectivity index (χ0) is 16.4. The highest BCUT2D eigenvalue weighted by Gasteiger charge is 2.27. The second-order valence-electron chi connectivity index (χ2n) is 5.79. The third-order valence-electron chi connectivity index (χ3n) is 4.42. The van der Waals surface area contributed by atoms with E-state index in [1.807, 2.05) is 6.20 Å². The molecule has 0 spiro atoms. The summed E-state index contributed by atoms with van der Waals surface area (Å²) in [6.07, 6.45) is 5.93. The van der Waals surface area contributed by atoms with E-state index in [0.717, 1.165) is 19.3 Å². The van der Waals surface area contributed by atoms with Crippen LogP contribution in [0.25, 0.3) is 0 Å². The topological polar surface area (TPSA) is 81.8 Å². The fraction of sp³-hybridized carbons (Fsp3) is 0.438. The van der Waals surface area contributed by atoms with E-state index in [9.17, 15) is 9.59 Å². The Labute approximate surface area is 138 Å². The van der Waals surface area contributed by atoms with Crippen LogP contribution in [0.5, 0.6) is 0 Å². The summed E-state index contributed by atoms with van der Waals surface area (Å²) in [5.41, 5.74) is 2.12. The first-order valence-corrected chi connectivity index (χ1v) is 8.17. The molecule has 0 unspecified atom stereocenters. The Balaban J connectivity index is 1.70. The number of aryl methyl sites for hydroxylation is 1. The number of halogens is 1. The van der Waals surface area contributed by atoms with Crippen molar-refractivity contribution in [1.29, 1.82) is 0 Å². The summed E-state index contributed by atoms with van der Waals surface area (Å²) >= 11 is 5.87. The number of amides is 1. The van der Waals surface area contributed by atoms with E-state index in [-0.39, 0.29) is 11.5 Å². The number of hydrogen-bond donors (Lipinski definition) is 2. The Kier molecular flexibility index (Phi) is 4.52. The van der Waals surface area contributed by atoms with Gasteiger partial charge in [0, 0.05) is 30.9 Å². The molecule has 7 heteroatoms. The third kappa shape index (κ3) is 3.17. The molecular weight excluding hydrogens is 316 g/mol. The molecule has 3 heterocycles. The number of likely N-dealkylation sites (tertiary alicyclic amines) is 1. The first-order chi connectivity index (χ1) is 11.1. The van der Waals surface area contributed by atoms with Gasteiger partial charge < -0.3 is 9.88 Å². The molecule has 0 radical (unpaired) electrons. The lowest BCUT2D eigenvalue weighted by atomic mass is 9.90. The molecule has 0 bridgehead atoms. The predicted octanol–water partition coefficient (Wildman–Crippen LogP) is 2.33. The lowest BCUT2D eigenvalue weighted by molar-refractivity contribution is 0.0710. The number of aromatic nitrogens is 3. The van der Waals surface area contributed by atoms with Gasteiger partial charge in [0.05, 0.1) is 11.2 Å². The zero-order valence-corrected chi connectivity index (χ0v) is 13.7. The van der Waals surface area contributed by atoms with Gasteiger partial charge in [-0.05, 0) is 30.9 Å². The molecule has 6 nitrogen and oxygen atoms in total. The summed E-state index contributed by atoms with van der Waals surface area (Å²) < 4.78 is 0. The highest BCUT2D eigenvalue weighted by Crippen LogP contribution is 2.29. The summed E-state index contributed by atoms with van der Waals surface area (Å²) in [6, 6.07) is 1.43. The zero-order valence-electron chi connectivity index (χ0n) is 12.9. The highest BCUT2D eigenvalue weighted by molar-refractivity contribution is 6.30. The molecule has 122 valence electrons. The van der Waals surface area contributed by atoms with Crippen LogP contribution in [-0.2, 0) is 6.42 Å². The maximum Gasteiger partial charge on any atom is 0.260 e. The van der Waals surface area contributed by atoms with Gasteiger partial charge in [0.25, 0.3) is 11.5 Å². The van der Waals surface area contributed by atoms with E-state index in [4.69, 9.17) is 11.6 Å². The average Bonchev–Trinajstić information content (AvgIpc) is 3.05. The van der Waals surface area contributed by atoms with Crippen molar-refractivity contribution in [3.05, 3.63) is 50.7 Å². The van der Waals surface area contributed by atoms with Crippen LogP contribution >= 0.6 is 11.6 Å². The molecule has 23 heavy (non-hydrogen) atoms. The summed E-state index contributed by atoms with van der Waals surface area (Å²) in [5.74, 6) is 0.127. The molecule has 3 rings (SSSR count). The van der Waals surface area contributed by atoms with Crippen molar-refractivity contribution in [3.63, 3.8) is 0 Å². The molecule has 0 atom stereocenters. The van der Waals surface area contributed by atoms with Gasteiger partial charge in [0.2, 0.25) is 0 Å². The molecule has 0 aliphatic carbocycles. The lowest BCUT2D eigenvalue weighted by Crippen LogP contribution is -2.40. The molecule has 1 fully saturated rings. The van der Waals surface area contributed by atoms with Gasteiger partial charge in [0.15, 0.2) is 0 Å². The molecule has 1 aliphatic heterocycles.